The summed E-state index contributed by atoms with van der Waals surface area (Å²) in [5.74, 6) is 0. The molecule has 0 N–H and O–H groups in total. The minimum atomic E-state index is -0.273. The van der Waals surface area contributed by atoms with Crippen molar-refractivity contribution in [1.29, 1.82) is 0 Å². The average Bonchev–Trinajstić information content (AvgIpc) is 2.59. The number of hydrogen-bond acceptors (Lipinski definition) is 1. The highest BCUT2D eigenvalue weighted by Crippen LogP contribution is 2.18. The molecular formula is C12H15FN2. The van der Waals surface area contributed by atoms with E-state index in [0.29, 0.717) is 13.0 Å². The predicted octanol–water partition coefficient (Wildman–Crippen LogP) is 3.01. The minimum Gasteiger partial charge on any atom is -0.330 e. The molecule has 0 spiro atoms. The summed E-state index contributed by atoms with van der Waals surface area (Å²) in [4.78, 5) is 4.31. The van der Waals surface area contributed by atoms with Gasteiger partial charge in [-0.25, -0.2) is 4.98 Å². The van der Waals surface area contributed by atoms with Gasteiger partial charge in [0.2, 0.25) is 0 Å². The van der Waals surface area contributed by atoms with Crippen LogP contribution >= 0.6 is 0 Å². The number of fused-ring (bicyclic) bond motifs is 1. The number of hydrogen-bond donors (Lipinski definition) is 0. The molecule has 2 rings (SSSR count). The third kappa shape index (κ3) is 1.87. The van der Waals surface area contributed by atoms with Crippen LogP contribution in [0, 0.1) is 13.8 Å². The van der Waals surface area contributed by atoms with E-state index in [2.05, 4.69) is 31.0 Å². The molecule has 2 aromatic rings. The molecule has 0 unspecified atom stereocenters. The van der Waals surface area contributed by atoms with Crippen molar-refractivity contribution in [1.82, 2.24) is 9.55 Å². The van der Waals surface area contributed by atoms with Gasteiger partial charge in [0.25, 0.3) is 0 Å². The summed E-state index contributed by atoms with van der Waals surface area (Å²) in [6, 6.07) is 4.20. The maximum atomic E-state index is 12.1. The van der Waals surface area contributed by atoms with Crippen LogP contribution in [0.1, 0.15) is 17.5 Å². The molecule has 2 nitrogen and oxygen atoms in total. The van der Waals surface area contributed by atoms with Crippen LogP contribution in [0.3, 0.4) is 0 Å². The zero-order valence-corrected chi connectivity index (χ0v) is 9.13. The average molecular weight is 206 g/mol. The van der Waals surface area contributed by atoms with Gasteiger partial charge in [-0.15, -0.1) is 0 Å². The number of nitrogens with zero attached hydrogens (tertiary/aromatic N) is 2. The van der Waals surface area contributed by atoms with Crippen LogP contribution in [0.15, 0.2) is 18.5 Å². The summed E-state index contributed by atoms with van der Waals surface area (Å²) >= 11 is 0. The Balaban J connectivity index is 2.45. The second-order valence-corrected chi connectivity index (χ2v) is 3.91. The standard InChI is InChI=1S/C12H15FN2/c1-9-6-11-12(7-10(9)2)15(8-14-11)5-3-4-13/h6-8H,3-5H2,1-2H3. The molecule has 0 saturated heterocycles. The molecule has 0 aliphatic heterocycles. The van der Waals surface area contributed by atoms with E-state index in [1.54, 1.807) is 6.33 Å². The van der Waals surface area contributed by atoms with E-state index in [1.807, 2.05) is 4.57 Å². The van der Waals surface area contributed by atoms with E-state index in [9.17, 15) is 4.39 Å². The minimum absolute atomic E-state index is 0.273. The normalized spacial score (nSPS) is 11.1. The van der Waals surface area contributed by atoms with Crippen molar-refractivity contribution in [2.24, 2.45) is 0 Å². The van der Waals surface area contributed by atoms with Gasteiger partial charge in [-0.2, -0.15) is 0 Å². The predicted molar refractivity (Wildman–Crippen MR) is 59.8 cm³/mol. The highest BCUT2D eigenvalue weighted by molar-refractivity contribution is 5.77. The number of aromatic nitrogens is 2. The first kappa shape index (κ1) is 10.1. The maximum absolute atomic E-state index is 12.1. The number of imidazole rings is 1. The summed E-state index contributed by atoms with van der Waals surface area (Å²) in [6.07, 6.45) is 2.34. The lowest BCUT2D eigenvalue weighted by Gasteiger charge is -2.04. The summed E-state index contributed by atoms with van der Waals surface area (Å²) in [7, 11) is 0. The third-order valence-electron chi connectivity index (χ3n) is 2.77. The summed E-state index contributed by atoms with van der Waals surface area (Å²) in [5.41, 5.74) is 4.60. The highest BCUT2D eigenvalue weighted by atomic mass is 19.1. The monoisotopic (exact) mass is 206 g/mol. The maximum Gasteiger partial charge on any atom is 0.0958 e. The fraction of sp³-hybridized carbons (Fsp3) is 0.417. The fourth-order valence-corrected chi connectivity index (χ4v) is 1.72. The van der Waals surface area contributed by atoms with Gasteiger partial charge in [0.05, 0.1) is 24.0 Å². The van der Waals surface area contributed by atoms with Crippen molar-refractivity contribution in [3.8, 4) is 0 Å². The molecule has 0 radical (unpaired) electrons. The smallest absolute Gasteiger partial charge is 0.0958 e. The molecule has 1 aromatic carbocycles. The van der Waals surface area contributed by atoms with E-state index in [1.165, 1.54) is 11.1 Å². The van der Waals surface area contributed by atoms with Crippen LogP contribution in [0.2, 0.25) is 0 Å². The van der Waals surface area contributed by atoms with Crippen molar-refractivity contribution < 1.29 is 4.39 Å². The molecule has 80 valence electrons. The van der Waals surface area contributed by atoms with Gasteiger partial charge in [-0.05, 0) is 43.5 Å². The van der Waals surface area contributed by atoms with Gasteiger partial charge in [0.15, 0.2) is 0 Å². The second-order valence-electron chi connectivity index (χ2n) is 3.91. The number of benzene rings is 1. The van der Waals surface area contributed by atoms with Crippen LogP contribution in [0.25, 0.3) is 11.0 Å². The van der Waals surface area contributed by atoms with Crippen LogP contribution in [0.5, 0.6) is 0 Å². The van der Waals surface area contributed by atoms with Gasteiger partial charge in [0.1, 0.15) is 0 Å². The Hall–Kier alpha value is -1.38. The zero-order chi connectivity index (χ0) is 10.8. The third-order valence-corrected chi connectivity index (χ3v) is 2.77. The Kier molecular flexibility index (Phi) is 2.71. The fourth-order valence-electron chi connectivity index (χ4n) is 1.72. The summed E-state index contributed by atoms with van der Waals surface area (Å²) in [6.45, 7) is 4.59. The van der Waals surface area contributed by atoms with Gasteiger partial charge in [-0.1, -0.05) is 0 Å². The number of halogens is 1. The molecule has 15 heavy (non-hydrogen) atoms. The van der Waals surface area contributed by atoms with Crippen LogP contribution in [0.4, 0.5) is 4.39 Å². The lowest BCUT2D eigenvalue weighted by atomic mass is 10.1. The van der Waals surface area contributed by atoms with E-state index >= 15 is 0 Å². The first-order chi connectivity index (χ1) is 7.22. The van der Waals surface area contributed by atoms with E-state index in [-0.39, 0.29) is 6.67 Å². The van der Waals surface area contributed by atoms with E-state index in [0.717, 1.165) is 11.0 Å². The largest absolute Gasteiger partial charge is 0.330 e. The van der Waals surface area contributed by atoms with Crippen molar-refractivity contribution >= 4 is 11.0 Å². The Morgan fingerprint density at radius 2 is 2.00 bits per heavy atom. The number of rotatable bonds is 3. The Bertz CT molecular complexity index is 474. The van der Waals surface area contributed by atoms with Crippen LogP contribution in [-0.2, 0) is 6.54 Å². The Morgan fingerprint density at radius 3 is 2.73 bits per heavy atom. The molecular weight excluding hydrogens is 191 g/mol. The van der Waals surface area contributed by atoms with E-state index in [4.69, 9.17) is 0 Å². The second kappa shape index (κ2) is 4.01. The SMILES string of the molecule is Cc1cc2ncn(CCCF)c2cc1C. The molecule has 0 saturated carbocycles. The lowest BCUT2D eigenvalue weighted by Crippen LogP contribution is -1.97. The van der Waals surface area contributed by atoms with E-state index < -0.39 is 0 Å². The first-order valence-electron chi connectivity index (χ1n) is 5.20. The molecule has 0 amide bonds. The topological polar surface area (TPSA) is 17.8 Å². The molecule has 0 aliphatic rings. The summed E-state index contributed by atoms with van der Waals surface area (Å²) < 4.78 is 14.1. The van der Waals surface area contributed by atoms with Crippen molar-refractivity contribution in [3.63, 3.8) is 0 Å². The van der Waals surface area contributed by atoms with Crippen LogP contribution in [-0.4, -0.2) is 16.2 Å². The zero-order valence-electron chi connectivity index (χ0n) is 9.13. The van der Waals surface area contributed by atoms with Crippen LogP contribution < -0.4 is 0 Å². The first-order valence-corrected chi connectivity index (χ1v) is 5.20. The molecule has 0 atom stereocenters. The molecule has 3 heteroatoms. The molecule has 0 fully saturated rings. The van der Waals surface area contributed by atoms with Gasteiger partial charge < -0.3 is 4.57 Å². The molecule has 1 heterocycles. The van der Waals surface area contributed by atoms with Gasteiger partial charge in [0, 0.05) is 6.54 Å². The molecule has 0 aliphatic carbocycles. The molecule has 1 aromatic heterocycles. The Morgan fingerprint density at radius 1 is 1.27 bits per heavy atom. The lowest BCUT2D eigenvalue weighted by molar-refractivity contribution is 0.449. The number of alkyl halides is 1. The summed E-state index contributed by atoms with van der Waals surface area (Å²) in [5, 5.41) is 0. The van der Waals surface area contributed by atoms with Crippen molar-refractivity contribution in [2.75, 3.05) is 6.67 Å². The van der Waals surface area contributed by atoms with Gasteiger partial charge >= 0.3 is 0 Å². The molecule has 0 bridgehead atoms. The van der Waals surface area contributed by atoms with Gasteiger partial charge in [-0.3, -0.25) is 4.39 Å². The Labute approximate surface area is 88.7 Å². The highest BCUT2D eigenvalue weighted by Gasteiger charge is 2.04. The van der Waals surface area contributed by atoms with Crippen molar-refractivity contribution in [3.05, 3.63) is 29.6 Å². The van der Waals surface area contributed by atoms with Crippen molar-refractivity contribution in [2.45, 2.75) is 26.8 Å². The quantitative estimate of drug-likeness (QED) is 0.754. The number of aryl methyl sites for hydroxylation is 3.